The fraction of sp³-hybridized carbons (Fsp3) is 0.341. The Morgan fingerprint density at radius 3 is 2.48 bits per heavy atom. The van der Waals surface area contributed by atoms with Gasteiger partial charge in [0.25, 0.3) is 5.91 Å². The van der Waals surface area contributed by atoms with Gasteiger partial charge in [0.1, 0.15) is 42.1 Å². The normalized spacial score (nSPS) is 20.2. The van der Waals surface area contributed by atoms with Crippen molar-refractivity contribution in [1.82, 2.24) is 29.4 Å². The van der Waals surface area contributed by atoms with Crippen LogP contribution in [-0.2, 0) is 26.3 Å². The predicted octanol–water partition coefficient (Wildman–Crippen LogP) is 3.76. The van der Waals surface area contributed by atoms with Crippen molar-refractivity contribution < 1.29 is 50.6 Å². The number of alkyl halides is 1. The van der Waals surface area contributed by atoms with Crippen molar-refractivity contribution in [1.29, 1.82) is 0 Å². The van der Waals surface area contributed by atoms with E-state index in [9.17, 15) is 37.1 Å². The second-order valence-electron chi connectivity index (χ2n) is 16.3. The van der Waals surface area contributed by atoms with Gasteiger partial charge in [-0.3, -0.25) is 34.1 Å². The molecule has 3 atom stereocenters. The highest BCUT2D eigenvalue weighted by molar-refractivity contribution is 7.90. The molecule has 4 aliphatic rings. The summed E-state index contributed by atoms with van der Waals surface area (Å²) in [5.41, 5.74) is 2.19. The van der Waals surface area contributed by atoms with Gasteiger partial charge in [0, 0.05) is 98.9 Å². The van der Waals surface area contributed by atoms with Crippen molar-refractivity contribution in [2.24, 2.45) is 0 Å². The summed E-state index contributed by atoms with van der Waals surface area (Å²) in [7, 11) is -4.37. The predicted molar refractivity (Wildman–Crippen MR) is 228 cm³/mol. The molecule has 0 bridgehead atoms. The molecule has 4 aliphatic heterocycles. The first-order valence-corrected chi connectivity index (χ1v) is 22.2. The van der Waals surface area contributed by atoms with E-state index < -0.39 is 69.6 Å². The van der Waals surface area contributed by atoms with Crippen LogP contribution in [0.5, 0.6) is 5.75 Å². The number of ether oxygens (including phenoxy) is 1. The minimum absolute atomic E-state index is 0.00802. The smallest absolute Gasteiger partial charge is 0.301 e. The van der Waals surface area contributed by atoms with Crippen molar-refractivity contribution in [3.05, 3.63) is 107 Å². The lowest BCUT2D eigenvalue weighted by Gasteiger charge is -2.37. The highest BCUT2D eigenvalue weighted by Gasteiger charge is 2.39. The lowest BCUT2D eigenvalue weighted by molar-refractivity contribution is -0.136. The summed E-state index contributed by atoms with van der Waals surface area (Å²) in [6.45, 7) is 2.93. The van der Waals surface area contributed by atoms with E-state index in [1.165, 1.54) is 11.1 Å². The van der Waals surface area contributed by atoms with Gasteiger partial charge in [0.15, 0.2) is 5.82 Å². The number of carbonyl (C=O) groups is 4. The van der Waals surface area contributed by atoms with E-state index in [0.717, 1.165) is 27.7 Å². The Bertz CT molecular complexity index is 2780. The minimum atomic E-state index is -4.37. The van der Waals surface area contributed by atoms with Crippen LogP contribution in [0.3, 0.4) is 0 Å². The van der Waals surface area contributed by atoms with Crippen LogP contribution in [0.1, 0.15) is 51.1 Å². The van der Waals surface area contributed by atoms with Crippen LogP contribution in [0.2, 0.25) is 0 Å². The number of aliphatic hydroxyl groups is 1. The first-order chi connectivity index (χ1) is 30.7. The molecule has 334 valence electrons. The maximum Gasteiger partial charge on any atom is 0.301 e. The first kappa shape index (κ1) is 42.9. The molecule has 16 nitrogen and oxygen atoms in total. The van der Waals surface area contributed by atoms with Crippen LogP contribution < -0.4 is 19.7 Å². The van der Waals surface area contributed by atoms with Crippen molar-refractivity contribution in [3.63, 3.8) is 0 Å². The van der Waals surface area contributed by atoms with E-state index in [-0.39, 0.29) is 56.3 Å². The molecule has 6 heterocycles. The number of β-amino-alcohol motifs (C(OH)–C–C–N with tert-alkyl or cyclic N) is 1. The number of ketones is 1. The number of fused-ring (bicyclic) bond motifs is 2. The molecule has 0 aliphatic carbocycles. The lowest BCUT2D eigenvalue weighted by Crippen LogP contribution is -2.52. The largest absolute Gasteiger partial charge is 0.491 e. The number of piperazine rings is 1. The summed E-state index contributed by atoms with van der Waals surface area (Å²) in [5.74, 6) is -4.21. The van der Waals surface area contributed by atoms with Crippen molar-refractivity contribution in [2.45, 2.75) is 44.1 Å². The van der Waals surface area contributed by atoms with Crippen molar-refractivity contribution in [2.75, 3.05) is 62.0 Å². The number of aromatic amines is 1. The Kier molecular flexibility index (Phi) is 11.6. The minimum Gasteiger partial charge on any atom is -0.491 e. The standard InChI is InChI=1S/C44H43F3N8O8S/c45-28-11-12-54(22-28)64(61,62)51-36-8-7-35(46)39(40(36)47)41(58)34-20-49-42-33(34)18-26(19-48-42)25-1-3-29(4-2-25)53-15-13-52(14-16-53)23-30(56)24-63-31-5-6-32-27(17-31)21-55(44(32)60)37-9-10-38(57)50-43(37)59/h1-8,17-20,28,30,37,51,56H,9-16,21-24H2,(H,48,49)(H,50,57,59)/t28-,30+,37+/m1/s1. The number of nitrogens with one attached hydrogen (secondary N) is 3. The number of hydrogen-bond donors (Lipinski definition) is 4. The third-order valence-corrected chi connectivity index (χ3v) is 13.6. The van der Waals surface area contributed by atoms with Crippen LogP contribution in [0.15, 0.2) is 73.1 Å². The van der Waals surface area contributed by atoms with Gasteiger partial charge in [-0.2, -0.15) is 12.7 Å². The Morgan fingerprint density at radius 1 is 0.969 bits per heavy atom. The van der Waals surface area contributed by atoms with Gasteiger partial charge in [-0.05, 0) is 72.5 Å². The molecular formula is C44H43F3N8O8S. The van der Waals surface area contributed by atoms with Crippen LogP contribution >= 0.6 is 0 Å². The van der Waals surface area contributed by atoms with Crippen molar-refractivity contribution in [3.8, 4) is 16.9 Å². The summed E-state index contributed by atoms with van der Waals surface area (Å²) in [5, 5.41) is 13.4. The van der Waals surface area contributed by atoms with Gasteiger partial charge in [0.05, 0.1) is 11.3 Å². The second kappa shape index (κ2) is 17.3. The van der Waals surface area contributed by atoms with Gasteiger partial charge in [-0.15, -0.1) is 0 Å². The zero-order valence-corrected chi connectivity index (χ0v) is 35.0. The Balaban J connectivity index is 0.789. The molecule has 0 unspecified atom stereocenters. The molecule has 9 rings (SSSR count). The summed E-state index contributed by atoms with van der Waals surface area (Å²) in [4.78, 5) is 63.8. The zero-order chi connectivity index (χ0) is 44.9. The SMILES string of the molecule is O=C1CC[C@H](N2Cc3cc(OC[C@@H](O)CN4CCN(c5ccc(-c6cnc7[nH]cc(C(=O)c8c(F)ccc(NS(=O)(=O)N9CC[C@@H](F)C9)c8F)c7c6)cc5)CC4)ccc3C2=O)C(=O)N1. The summed E-state index contributed by atoms with van der Waals surface area (Å²) in [6, 6.07) is 15.4. The number of aromatic nitrogens is 2. The van der Waals surface area contributed by atoms with E-state index in [4.69, 9.17) is 4.74 Å². The molecule has 4 N–H and O–H groups in total. The fourth-order valence-electron chi connectivity index (χ4n) is 8.67. The summed E-state index contributed by atoms with van der Waals surface area (Å²) in [6.07, 6.45) is 1.20. The average molecular weight is 901 g/mol. The number of benzene rings is 3. The number of rotatable bonds is 13. The molecule has 3 aromatic carbocycles. The molecule has 3 amide bonds. The molecule has 20 heteroatoms. The number of anilines is 2. The molecule has 2 aromatic heterocycles. The first-order valence-electron chi connectivity index (χ1n) is 20.8. The van der Waals surface area contributed by atoms with E-state index in [2.05, 4.69) is 25.1 Å². The number of H-pyrrole nitrogens is 1. The molecule has 0 saturated carbocycles. The van der Waals surface area contributed by atoms with Gasteiger partial charge in [-0.25, -0.2) is 18.2 Å². The third kappa shape index (κ3) is 8.52. The fourth-order valence-corrected chi connectivity index (χ4v) is 9.94. The van der Waals surface area contributed by atoms with E-state index in [1.807, 2.05) is 29.0 Å². The highest BCUT2D eigenvalue weighted by atomic mass is 32.2. The summed E-state index contributed by atoms with van der Waals surface area (Å²) < 4.78 is 78.8. The topological polar surface area (TPSA) is 198 Å². The number of pyridine rings is 1. The van der Waals surface area contributed by atoms with Gasteiger partial charge in [-0.1, -0.05) is 12.1 Å². The molecule has 0 spiro atoms. The van der Waals surface area contributed by atoms with E-state index >= 15 is 8.78 Å². The molecule has 3 saturated heterocycles. The molecule has 0 radical (unpaired) electrons. The Hall–Kier alpha value is -6.35. The van der Waals surface area contributed by atoms with Gasteiger partial charge < -0.3 is 24.6 Å². The van der Waals surface area contributed by atoms with Crippen LogP contribution in [0.4, 0.5) is 24.5 Å². The molecule has 64 heavy (non-hydrogen) atoms. The quantitative estimate of drug-likeness (QED) is 0.0993. The summed E-state index contributed by atoms with van der Waals surface area (Å²) >= 11 is 0. The molecular weight excluding hydrogens is 858 g/mol. The third-order valence-electron chi connectivity index (χ3n) is 12.1. The highest BCUT2D eigenvalue weighted by Crippen LogP contribution is 2.33. The monoisotopic (exact) mass is 900 g/mol. The molecule has 5 aromatic rings. The Morgan fingerprint density at radius 2 is 1.75 bits per heavy atom. The van der Waals surface area contributed by atoms with Crippen molar-refractivity contribution >= 4 is 56.1 Å². The van der Waals surface area contributed by atoms with Gasteiger partial charge >= 0.3 is 10.2 Å². The number of aliphatic hydroxyl groups excluding tert-OH is 1. The van der Waals surface area contributed by atoms with E-state index in [0.29, 0.717) is 66.2 Å². The van der Waals surface area contributed by atoms with Crippen LogP contribution in [0, 0.1) is 11.6 Å². The second-order valence-corrected chi connectivity index (χ2v) is 18.0. The molecule has 3 fully saturated rings. The van der Waals surface area contributed by atoms with Gasteiger partial charge in [0.2, 0.25) is 17.6 Å². The van der Waals surface area contributed by atoms with E-state index in [1.54, 1.807) is 30.5 Å². The number of halogens is 3. The lowest BCUT2D eigenvalue weighted by atomic mass is 9.99. The number of amides is 3. The number of hydrogen-bond acceptors (Lipinski definition) is 11. The van der Waals surface area contributed by atoms with Crippen LogP contribution in [0.25, 0.3) is 22.2 Å². The number of nitrogens with zero attached hydrogens (tertiary/aromatic N) is 5. The average Bonchev–Trinajstić information content (AvgIpc) is 4.01. The zero-order valence-electron chi connectivity index (χ0n) is 34.2. The number of imide groups is 1. The Labute approximate surface area is 365 Å². The number of carbonyl (C=O) groups excluding carboxylic acids is 4. The maximum absolute atomic E-state index is 15.7. The maximum atomic E-state index is 15.7. The van der Waals surface area contributed by atoms with Crippen LogP contribution in [-0.4, -0.2) is 132 Å². The number of piperidine rings is 1.